The fraction of sp³-hybridized carbons (Fsp3) is 0.0577. The standard InChI is InChI=1S/C52H38N4S/c1-33(34-14-5-3-6-15-34)55-51(56-50(53)35-16-7-4-8-17-35)41-20-13-22-48-49(41)43-31-37(25-28-47(43)57-48)46-27-24-38(32-54-46)36-23-26-45-42(30-36)39-18-9-10-19-40(39)44-21-11-12-29-52(44,45)2/h3-32,44H,1H2,2H3,(H2,53,55,56). The van der Waals surface area contributed by atoms with Crippen LogP contribution in [0.1, 0.15) is 40.7 Å². The first-order valence-electron chi connectivity index (χ1n) is 19.2. The largest absolute Gasteiger partial charge is 0.383 e. The first-order valence-corrected chi connectivity index (χ1v) is 20.0. The number of amidine groups is 2. The van der Waals surface area contributed by atoms with Gasteiger partial charge >= 0.3 is 0 Å². The van der Waals surface area contributed by atoms with Crippen molar-refractivity contribution in [2.45, 2.75) is 18.3 Å². The summed E-state index contributed by atoms with van der Waals surface area (Å²) in [5.74, 6) is 1.22. The fourth-order valence-electron chi connectivity index (χ4n) is 8.51. The highest BCUT2D eigenvalue weighted by Crippen LogP contribution is 2.53. The maximum Gasteiger partial charge on any atom is 0.162 e. The zero-order valence-corrected chi connectivity index (χ0v) is 32.2. The highest BCUT2D eigenvalue weighted by atomic mass is 32.1. The van der Waals surface area contributed by atoms with Crippen LogP contribution in [0.15, 0.2) is 199 Å². The molecule has 0 saturated carbocycles. The number of fused-ring (bicyclic) bond motifs is 9. The quantitative estimate of drug-likeness (QED) is 0.136. The summed E-state index contributed by atoms with van der Waals surface area (Å²) in [6.45, 7) is 6.69. The van der Waals surface area contributed by atoms with Crippen LogP contribution in [-0.2, 0) is 5.41 Å². The number of thiophene rings is 1. The van der Waals surface area contributed by atoms with Crippen molar-refractivity contribution in [1.82, 2.24) is 4.98 Å². The van der Waals surface area contributed by atoms with Crippen molar-refractivity contribution in [3.05, 3.63) is 217 Å². The predicted octanol–water partition coefficient (Wildman–Crippen LogP) is 12.8. The molecule has 2 heterocycles. The Labute approximate surface area is 336 Å². The molecule has 5 heteroatoms. The lowest BCUT2D eigenvalue weighted by Crippen LogP contribution is -2.32. The van der Waals surface area contributed by atoms with E-state index in [9.17, 15) is 0 Å². The van der Waals surface area contributed by atoms with E-state index in [-0.39, 0.29) is 5.41 Å². The molecular weight excluding hydrogens is 713 g/mol. The second-order valence-electron chi connectivity index (χ2n) is 14.9. The highest BCUT2D eigenvalue weighted by Gasteiger charge is 2.41. The van der Waals surface area contributed by atoms with Crippen molar-refractivity contribution in [2.24, 2.45) is 15.7 Å². The summed E-state index contributed by atoms with van der Waals surface area (Å²) in [7, 11) is 0. The molecule has 2 aromatic heterocycles. The van der Waals surface area contributed by atoms with Gasteiger partial charge in [0.05, 0.1) is 11.4 Å². The summed E-state index contributed by atoms with van der Waals surface area (Å²) in [4.78, 5) is 15.1. The van der Waals surface area contributed by atoms with E-state index in [1.807, 2.05) is 66.9 Å². The lowest BCUT2D eigenvalue weighted by molar-refractivity contribution is 0.519. The normalized spacial score (nSPS) is 17.3. The average molecular weight is 751 g/mol. The molecule has 2 aliphatic carbocycles. The van der Waals surface area contributed by atoms with Gasteiger partial charge in [0, 0.05) is 60.0 Å². The van der Waals surface area contributed by atoms with E-state index in [4.69, 9.17) is 20.7 Å². The Morgan fingerprint density at radius 1 is 0.684 bits per heavy atom. The second kappa shape index (κ2) is 14.0. The van der Waals surface area contributed by atoms with Crippen LogP contribution in [0, 0.1) is 0 Å². The SMILES string of the molecule is C=C(N=C(N=C(N)c1ccccc1)c1cccc2sc3ccc(-c4ccc(-c5ccc6c(c5)-c5ccccc5C5C=CC=CC65C)cn4)cc3c12)c1ccccc1. The number of nitrogens with two attached hydrogens (primary N) is 1. The van der Waals surface area contributed by atoms with Crippen LogP contribution < -0.4 is 5.73 Å². The molecule has 6 aromatic carbocycles. The minimum Gasteiger partial charge on any atom is -0.383 e. The fourth-order valence-corrected chi connectivity index (χ4v) is 9.62. The molecule has 0 radical (unpaired) electrons. The zero-order valence-electron chi connectivity index (χ0n) is 31.4. The van der Waals surface area contributed by atoms with E-state index in [0.29, 0.717) is 23.3 Å². The van der Waals surface area contributed by atoms with Crippen LogP contribution >= 0.6 is 11.3 Å². The number of nitrogens with zero attached hydrogens (tertiary/aromatic N) is 3. The van der Waals surface area contributed by atoms with Crippen LogP contribution in [0.2, 0.25) is 0 Å². The third kappa shape index (κ3) is 6.04. The zero-order chi connectivity index (χ0) is 38.5. The van der Waals surface area contributed by atoms with Crippen molar-refractivity contribution in [2.75, 3.05) is 0 Å². The molecule has 8 aromatic rings. The van der Waals surface area contributed by atoms with Gasteiger partial charge in [-0.1, -0.05) is 159 Å². The average Bonchev–Trinajstić information content (AvgIpc) is 3.65. The van der Waals surface area contributed by atoms with Gasteiger partial charge in [-0.2, -0.15) is 0 Å². The molecule has 2 aliphatic rings. The van der Waals surface area contributed by atoms with Gasteiger partial charge in [-0.25, -0.2) is 9.98 Å². The smallest absolute Gasteiger partial charge is 0.162 e. The lowest BCUT2D eigenvalue weighted by Gasteiger charge is -2.42. The van der Waals surface area contributed by atoms with Gasteiger partial charge in [-0.15, -0.1) is 11.3 Å². The molecule has 0 spiro atoms. The van der Waals surface area contributed by atoms with E-state index in [1.54, 1.807) is 11.3 Å². The molecule has 2 N–H and O–H groups in total. The van der Waals surface area contributed by atoms with Crippen LogP contribution in [-0.4, -0.2) is 16.7 Å². The van der Waals surface area contributed by atoms with Crippen molar-refractivity contribution >= 4 is 48.9 Å². The number of hydrogen-bond donors (Lipinski definition) is 1. The second-order valence-corrected chi connectivity index (χ2v) is 16.0. The molecule has 4 nitrogen and oxygen atoms in total. The first-order chi connectivity index (χ1) is 27.9. The van der Waals surface area contributed by atoms with Gasteiger partial charge in [0.2, 0.25) is 0 Å². The highest BCUT2D eigenvalue weighted by molar-refractivity contribution is 7.25. The Kier molecular flexibility index (Phi) is 8.46. The first kappa shape index (κ1) is 34.5. The van der Waals surface area contributed by atoms with E-state index in [1.165, 1.54) is 27.0 Å². The van der Waals surface area contributed by atoms with Gasteiger partial charge in [0.1, 0.15) is 5.84 Å². The third-order valence-electron chi connectivity index (χ3n) is 11.5. The third-order valence-corrected chi connectivity index (χ3v) is 12.6. The van der Waals surface area contributed by atoms with Gasteiger partial charge in [0.25, 0.3) is 0 Å². The molecule has 0 bridgehead atoms. The maximum absolute atomic E-state index is 6.65. The van der Waals surface area contributed by atoms with Gasteiger partial charge in [-0.3, -0.25) is 4.98 Å². The summed E-state index contributed by atoms with van der Waals surface area (Å²) in [6, 6.07) is 52.8. The molecule has 0 amide bonds. The van der Waals surface area contributed by atoms with Gasteiger partial charge < -0.3 is 5.73 Å². The van der Waals surface area contributed by atoms with Crippen LogP contribution in [0.5, 0.6) is 0 Å². The Hall–Kier alpha value is -6.95. The molecule has 0 fully saturated rings. The van der Waals surface area contributed by atoms with E-state index in [0.717, 1.165) is 54.5 Å². The van der Waals surface area contributed by atoms with E-state index < -0.39 is 0 Å². The summed E-state index contributed by atoms with van der Waals surface area (Å²) in [5, 5.41) is 2.20. The monoisotopic (exact) mass is 750 g/mol. The topological polar surface area (TPSA) is 63.6 Å². The number of aromatic nitrogens is 1. The minimum atomic E-state index is -0.0905. The molecular formula is C52H38N4S. The summed E-state index contributed by atoms with van der Waals surface area (Å²) < 4.78 is 2.32. The summed E-state index contributed by atoms with van der Waals surface area (Å²) >= 11 is 1.75. The maximum atomic E-state index is 6.65. The number of hydrogen-bond acceptors (Lipinski definition) is 3. The number of benzene rings is 6. The Morgan fingerprint density at radius 2 is 1.44 bits per heavy atom. The van der Waals surface area contributed by atoms with Gasteiger partial charge in [0.15, 0.2) is 5.84 Å². The van der Waals surface area contributed by atoms with Crippen molar-refractivity contribution in [1.29, 1.82) is 0 Å². The van der Waals surface area contributed by atoms with Crippen molar-refractivity contribution < 1.29 is 0 Å². The molecule has 2 atom stereocenters. The van der Waals surface area contributed by atoms with E-state index in [2.05, 4.69) is 129 Å². The lowest BCUT2D eigenvalue weighted by atomic mass is 9.60. The summed E-state index contributed by atoms with van der Waals surface area (Å²) in [6.07, 6.45) is 11.1. The molecule has 0 aliphatic heterocycles. The number of aliphatic imine (C=N–C) groups is 2. The Bertz CT molecular complexity index is 2990. The Balaban J connectivity index is 1.04. The minimum absolute atomic E-state index is 0.0905. The number of allylic oxidation sites excluding steroid dienone is 4. The van der Waals surface area contributed by atoms with Crippen molar-refractivity contribution in [3.8, 4) is 33.5 Å². The molecule has 57 heavy (non-hydrogen) atoms. The number of pyridine rings is 1. The van der Waals surface area contributed by atoms with Crippen LogP contribution in [0.3, 0.4) is 0 Å². The van der Waals surface area contributed by atoms with E-state index >= 15 is 0 Å². The predicted molar refractivity (Wildman–Crippen MR) is 241 cm³/mol. The van der Waals surface area contributed by atoms with Crippen molar-refractivity contribution in [3.63, 3.8) is 0 Å². The Morgan fingerprint density at radius 3 is 2.25 bits per heavy atom. The van der Waals surface area contributed by atoms with Crippen LogP contribution in [0.4, 0.5) is 0 Å². The molecule has 272 valence electrons. The molecule has 0 saturated heterocycles. The summed E-state index contributed by atoms with van der Waals surface area (Å²) in [5.41, 5.74) is 19.4. The molecule has 10 rings (SSSR count). The number of rotatable bonds is 6. The molecule has 2 unspecified atom stereocenters. The van der Waals surface area contributed by atoms with Crippen LogP contribution in [0.25, 0.3) is 59.4 Å². The van der Waals surface area contributed by atoms with Gasteiger partial charge in [-0.05, 0) is 63.7 Å².